The van der Waals surface area contributed by atoms with Gasteiger partial charge in [-0.1, -0.05) is 13.5 Å². The summed E-state index contributed by atoms with van der Waals surface area (Å²) >= 11 is 4.25. The molecule has 0 fully saturated rings. The number of carbonyl (C=O) groups excluding carboxylic acids is 1. The lowest BCUT2D eigenvalue weighted by atomic mass is 10.4. The Labute approximate surface area is 95.2 Å². The number of nitriles is 1. The Kier molecular flexibility index (Phi) is 11.4. The summed E-state index contributed by atoms with van der Waals surface area (Å²) in [6.45, 7) is 6.90. The molecule has 0 aliphatic heterocycles. The van der Waals surface area contributed by atoms with Gasteiger partial charge in [-0.3, -0.25) is 0 Å². The van der Waals surface area contributed by atoms with Crippen molar-refractivity contribution in [2.75, 3.05) is 6.61 Å². The van der Waals surface area contributed by atoms with E-state index in [0.29, 0.717) is 12.0 Å². The number of hydrogen-bond acceptors (Lipinski definition) is 4. The first-order chi connectivity index (χ1) is 6.95. The van der Waals surface area contributed by atoms with Crippen LogP contribution in [0.5, 0.6) is 0 Å². The zero-order chi connectivity index (χ0) is 12.3. The van der Waals surface area contributed by atoms with E-state index in [1.165, 1.54) is 0 Å². The van der Waals surface area contributed by atoms with Crippen LogP contribution in [0.25, 0.3) is 0 Å². The molecule has 0 spiro atoms. The van der Waals surface area contributed by atoms with Gasteiger partial charge < -0.3 is 9.84 Å². The summed E-state index contributed by atoms with van der Waals surface area (Å²) in [5, 5.41) is 16.2. The molecule has 0 aromatic rings. The van der Waals surface area contributed by atoms with Gasteiger partial charge in [0.05, 0.1) is 12.5 Å². The van der Waals surface area contributed by atoms with E-state index in [0.717, 1.165) is 0 Å². The van der Waals surface area contributed by atoms with Crippen LogP contribution < -0.4 is 0 Å². The second kappa shape index (κ2) is 10.7. The second-order valence-corrected chi connectivity index (χ2v) is 3.04. The molecule has 0 aliphatic carbocycles. The minimum atomic E-state index is -0.435. The number of nitrogens with zero attached hydrogens (tertiary/aromatic N) is 1. The molecule has 0 rings (SSSR count). The molecule has 0 unspecified atom stereocenters. The van der Waals surface area contributed by atoms with Crippen LogP contribution in [0.4, 0.5) is 0 Å². The molecule has 0 atom stereocenters. The fraction of sp³-hybridized carbons (Fsp3) is 0.500. The van der Waals surface area contributed by atoms with Gasteiger partial charge in [-0.25, -0.2) is 4.79 Å². The van der Waals surface area contributed by atoms with Crippen LogP contribution in [-0.2, 0) is 9.53 Å². The highest BCUT2D eigenvalue weighted by Gasteiger charge is 2.00. The molecule has 0 saturated carbocycles. The van der Waals surface area contributed by atoms with Gasteiger partial charge in [0.25, 0.3) is 0 Å². The van der Waals surface area contributed by atoms with Crippen LogP contribution in [0.3, 0.4) is 0 Å². The van der Waals surface area contributed by atoms with E-state index in [1.807, 2.05) is 13.0 Å². The Morgan fingerprint density at radius 1 is 1.67 bits per heavy atom. The molecule has 0 amide bonds. The van der Waals surface area contributed by atoms with E-state index in [9.17, 15) is 4.79 Å². The van der Waals surface area contributed by atoms with Gasteiger partial charge in [0.1, 0.15) is 6.61 Å². The zero-order valence-electron chi connectivity index (χ0n) is 8.95. The van der Waals surface area contributed by atoms with Crippen molar-refractivity contribution in [1.29, 1.82) is 5.26 Å². The van der Waals surface area contributed by atoms with E-state index in [2.05, 4.69) is 23.5 Å². The first-order valence-electron chi connectivity index (χ1n) is 4.37. The molecule has 15 heavy (non-hydrogen) atoms. The van der Waals surface area contributed by atoms with Crippen LogP contribution in [0, 0.1) is 11.3 Å². The first-order valence-corrected chi connectivity index (χ1v) is 4.77. The van der Waals surface area contributed by atoms with Crippen LogP contribution in [0.1, 0.15) is 26.7 Å². The van der Waals surface area contributed by atoms with Crippen molar-refractivity contribution in [3.63, 3.8) is 0 Å². The highest BCUT2D eigenvalue weighted by Crippen LogP contribution is 1.92. The maximum Gasteiger partial charge on any atom is 0.333 e. The number of ether oxygens (including phenoxy) is 1. The monoisotopic (exact) mass is 229 g/mol. The van der Waals surface area contributed by atoms with Crippen LogP contribution in [0.2, 0.25) is 0 Å². The summed E-state index contributed by atoms with van der Waals surface area (Å²) in [4.78, 5) is 10.6. The lowest BCUT2D eigenvalue weighted by Crippen LogP contribution is -2.05. The first kappa shape index (κ1) is 16.0. The van der Waals surface area contributed by atoms with Crippen molar-refractivity contribution in [1.82, 2.24) is 0 Å². The summed E-state index contributed by atoms with van der Waals surface area (Å²) in [5.41, 5.74) is 0.359. The maximum atomic E-state index is 10.6. The summed E-state index contributed by atoms with van der Waals surface area (Å²) in [7, 11) is 0. The Morgan fingerprint density at radius 2 is 2.13 bits per heavy atom. The third-order valence-corrected chi connectivity index (χ3v) is 1.39. The van der Waals surface area contributed by atoms with Crippen molar-refractivity contribution in [2.24, 2.45) is 0 Å². The summed E-state index contributed by atoms with van der Waals surface area (Å²) < 4.78 is 4.58. The third-order valence-electron chi connectivity index (χ3n) is 1.10. The fourth-order valence-corrected chi connectivity index (χ4v) is 0.313. The molecule has 0 bridgehead atoms. The normalized spacial score (nSPS) is 7.80. The van der Waals surface area contributed by atoms with Crippen molar-refractivity contribution in [2.45, 2.75) is 26.7 Å². The highest BCUT2D eigenvalue weighted by atomic mass is 32.1. The van der Waals surface area contributed by atoms with Gasteiger partial charge in [0, 0.05) is 12.0 Å². The van der Waals surface area contributed by atoms with Crippen molar-refractivity contribution in [3.05, 3.63) is 12.2 Å². The van der Waals surface area contributed by atoms with Gasteiger partial charge in [0.15, 0.2) is 5.05 Å². The Hall–Kier alpha value is -1.41. The Morgan fingerprint density at radius 3 is 2.40 bits per heavy atom. The van der Waals surface area contributed by atoms with E-state index < -0.39 is 5.97 Å². The van der Waals surface area contributed by atoms with Gasteiger partial charge in [-0.15, -0.1) is 0 Å². The molecule has 1 N–H and O–H groups in total. The zero-order valence-corrected chi connectivity index (χ0v) is 9.76. The molecule has 0 radical (unpaired) electrons. The summed E-state index contributed by atoms with van der Waals surface area (Å²) in [6, 6.07) is 1.86. The van der Waals surface area contributed by atoms with E-state index in [-0.39, 0.29) is 18.1 Å². The largest absolute Gasteiger partial charge is 0.502 e. The fourth-order valence-electron chi connectivity index (χ4n) is 0.313. The number of rotatable bonds is 4. The molecule has 4 nitrogen and oxygen atoms in total. The number of carbonyl (C=O) groups is 1. The quantitative estimate of drug-likeness (QED) is 0.346. The molecular weight excluding hydrogens is 214 g/mol. The van der Waals surface area contributed by atoms with Gasteiger partial charge >= 0.3 is 5.97 Å². The van der Waals surface area contributed by atoms with Crippen LogP contribution in [-0.4, -0.2) is 22.7 Å². The lowest BCUT2D eigenvalue weighted by molar-refractivity contribution is -0.138. The van der Waals surface area contributed by atoms with E-state index in [1.54, 1.807) is 6.92 Å². The number of esters is 1. The maximum absolute atomic E-state index is 10.6. The standard InChI is InChI=1S/C7H9NO2.C3H6OS/c1-6(2)7(9)10-5-3-4-8;1-2-3(4)5/h1,3,5H2,2H3;2H2,1H3,(H,4,5). The number of thiocarbonyl (C=S) groups is 1. The molecule has 84 valence electrons. The molecule has 5 heteroatoms. The predicted octanol–water partition coefficient (Wildman–Crippen LogP) is 2.30. The number of aliphatic hydroxyl groups is 1. The predicted molar refractivity (Wildman–Crippen MR) is 61.5 cm³/mol. The second-order valence-electron chi connectivity index (χ2n) is 2.57. The molecule has 0 aromatic heterocycles. The Bertz CT molecular complexity index is 268. The van der Waals surface area contributed by atoms with E-state index in [4.69, 9.17) is 10.4 Å². The number of hydrogen-bond donors (Lipinski definition) is 1. The highest BCUT2D eigenvalue weighted by molar-refractivity contribution is 7.80. The average molecular weight is 229 g/mol. The summed E-state index contributed by atoms with van der Waals surface area (Å²) in [5.74, 6) is -0.435. The van der Waals surface area contributed by atoms with Crippen molar-refractivity contribution < 1.29 is 14.6 Å². The lowest BCUT2D eigenvalue weighted by Gasteiger charge is -1.98. The van der Waals surface area contributed by atoms with Gasteiger partial charge in [-0.2, -0.15) is 5.26 Å². The molecule has 0 aliphatic rings. The molecule has 0 aromatic carbocycles. The molecule has 0 saturated heterocycles. The van der Waals surface area contributed by atoms with Crippen molar-refractivity contribution in [3.8, 4) is 6.07 Å². The topological polar surface area (TPSA) is 70.3 Å². The number of aliphatic hydroxyl groups excluding tert-OH is 1. The summed E-state index contributed by atoms with van der Waals surface area (Å²) in [6.07, 6.45) is 0.828. The van der Waals surface area contributed by atoms with Crippen LogP contribution in [0.15, 0.2) is 12.2 Å². The third kappa shape index (κ3) is 15.4. The van der Waals surface area contributed by atoms with E-state index >= 15 is 0 Å². The van der Waals surface area contributed by atoms with Crippen LogP contribution >= 0.6 is 12.2 Å². The SMILES string of the molecule is C=C(C)C(=O)OCCC#N.CCC(O)=S. The average Bonchev–Trinajstić information content (AvgIpc) is 2.18. The minimum Gasteiger partial charge on any atom is -0.502 e. The van der Waals surface area contributed by atoms with Gasteiger partial charge in [0.2, 0.25) is 0 Å². The molecule has 0 heterocycles. The smallest absolute Gasteiger partial charge is 0.333 e. The van der Waals surface area contributed by atoms with Gasteiger partial charge in [-0.05, 0) is 19.1 Å². The minimum absolute atomic E-state index is 0.0880. The Balaban J connectivity index is 0. The molecular formula is C10H15NO3S. The van der Waals surface area contributed by atoms with Crippen molar-refractivity contribution >= 4 is 23.2 Å².